The van der Waals surface area contributed by atoms with Crippen molar-refractivity contribution < 1.29 is 9.13 Å². The zero-order chi connectivity index (χ0) is 11.3. The quantitative estimate of drug-likeness (QED) is 0.597. The van der Waals surface area contributed by atoms with E-state index in [2.05, 4.69) is 6.58 Å². The van der Waals surface area contributed by atoms with E-state index in [1.165, 1.54) is 6.07 Å². The van der Waals surface area contributed by atoms with Crippen LogP contribution < -0.4 is 10.5 Å². The van der Waals surface area contributed by atoms with Gasteiger partial charge in [-0.05, 0) is 19.4 Å². The summed E-state index contributed by atoms with van der Waals surface area (Å²) >= 11 is 0. The van der Waals surface area contributed by atoms with E-state index in [4.69, 9.17) is 10.5 Å². The first-order valence-corrected chi connectivity index (χ1v) is 4.94. The average Bonchev–Trinajstić information content (AvgIpc) is 2.17. The molecule has 0 aliphatic rings. The topological polar surface area (TPSA) is 35.2 Å². The second-order valence-corrected chi connectivity index (χ2v) is 3.40. The van der Waals surface area contributed by atoms with Crippen LogP contribution in [0.2, 0.25) is 0 Å². The van der Waals surface area contributed by atoms with E-state index >= 15 is 0 Å². The lowest BCUT2D eigenvalue weighted by Gasteiger charge is -2.09. The van der Waals surface area contributed by atoms with Crippen LogP contribution in [0.1, 0.15) is 24.9 Å². The molecule has 1 atom stereocenters. The summed E-state index contributed by atoms with van der Waals surface area (Å²) in [7, 11) is 0. The molecule has 15 heavy (non-hydrogen) atoms. The minimum atomic E-state index is -0.318. The van der Waals surface area contributed by atoms with Crippen LogP contribution in [0.4, 0.5) is 4.39 Å². The van der Waals surface area contributed by atoms with Crippen LogP contribution in [0.25, 0.3) is 0 Å². The zero-order valence-electron chi connectivity index (χ0n) is 8.87. The van der Waals surface area contributed by atoms with Gasteiger partial charge in [0, 0.05) is 17.7 Å². The zero-order valence-corrected chi connectivity index (χ0v) is 8.87. The Hall–Kier alpha value is -1.35. The molecular formula is C12H16FNO. The van der Waals surface area contributed by atoms with E-state index in [1.807, 2.05) is 0 Å². The van der Waals surface area contributed by atoms with E-state index in [0.29, 0.717) is 17.9 Å². The third kappa shape index (κ3) is 3.36. The van der Waals surface area contributed by atoms with Crippen LogP contribution in [-0.4, -0.2) is 6.61 Å². The molecule has 0 aromatic heterocycles. The third-order valence-corrected chi connectivity index (χ3v) is 2.05. The molecule has 0 bridgehead atoms. The molecule has 0 aliphatic heterocycles. The van der Waals surface area contributed by atoms with Crippen molar-refractivity contribution >= 4 is 0 Å². The molecule has 2 nitrogen and oxygen atoms in total. The van der Waals surface area contributed by atoms with Crippen molar-refractivity contribution in [1.82, 2.24) is 0 Å². The van der Waals surface area contributed by atoms with Gasteiger partial charge in [-0.1, -0.05) is 12.1 Å². The highest BCUT2D eigenvalue weighted by molar-refractivity contribution is 5.30. The summed E-state index contributed by atoms with van der Waals surface area (Å²) in [4.78, 5) is 0. The Labute approximate surface area is 89.6 Å². The number of hydrogen-bond acceptors (Lipinski definition) is 2. The van der Waals surface area contributed by atoms with Gasteiger partial charge in [0.25, 0.3) is 0 Å². The third-order valence-electron chi connectivity index (χ3n) is 2.05. The number of halogens is 1. The van der Waals surface area contributed by atoms with Gasteiger partial charge in [-0.3, -0.25) is 0 Å². The maximum atomic E-state index is 13.4. The first-order chi connectivity index (χ1) is 7.15. The molecule has 0 amide bonds. The molecule has 0 saturated carbocycles. The smallest absolute Gasteiger partial charge is 0.131 e. The molecular weight excluding hydrogens is 193 g/mol. The second-order valence-electron chi connectivity index (χ2n) is 3.40. The van der Waals surface area contributed by atoms with Gasteiger partial charge < -0.3 is 10.5 Å². The van der Waals surface area contributed by atoms with Gasteiger partial charge in [0.2, 0.25) is 0 Å². The Morgan fingerprint density at radius 2 is 2.33 bits per heavy atom. The van der Waals surface area contributed by atoms with Gasteiger partial charge >= 0.3 is 0 Å². The number of ether oxygens (including phenoxy) is 1. The Morgan fingerprint density at radius 3 is 2.87 bits per heavy atom. The molecule has 1 aromatic rings. The van der Waals surface area contributed by atoms with Crippen LogP contribution in [-0.2, 0) is 0 Å². The number of rotatable bonds is 5. The van der Waals surface area contributed by atoms with Crippen molar-refractivity contribution in [2.75, 3.05) is 6.61 Å². The molecule has 0 radical (unpaired) electrons. The van der Waals surface area contributed by atoms with Crippen molar-refractivity contribution in [3.63, 3.8) is 0 Å². The van der Waals surface area contributed by atoms with Crippen LogP contribution >= 0.6 is 0 Å². The SMILES string of the molecule is C=CCCOc1ccc(C(C)N)c(F)c1. The fraction of sp³-hybridized carbons (Fsp3) is 0.333. The predicted molar refractivity (Wildman–Crippen MR) is 59.3 cm³/mol. The normalized spacial score (nSPS) is 12.2. The first-order valence-electron chi connectivity index (χ1n) is 4.94. The maximum Gasteiger partial charge on any atom is 0.131 e. The lowest BCUT2D eigenvalue weighted by atomic mass is 10.1. The Bertz CT molecular complexity index is 336. The van der Waals surface area contributed by atoms with Crippen LogP contribution in [0.15, 0.2) is 30.9 Å². The molecule has 3 heteroatoms. The number of nitrogens with two attached hydrogens (primary N) is 1. The lowest BCUT2D eigenvalue weighted by molar-refractivity contribution is 0.323. The van der Waals surface area contributed by atoms with Crippen molar-refractivity contribution in [2.45, 2.75) is 19.4 Å². The molecule has 0 fully saturated rings. The average molecular weight is 209 g/mol. The Kier molecular flexibility index (Phi) is 4.31. The van der Waals surface area contributed by atoms with E-state index < -0.39 is 0 Å². The molecule has 82 valence electrons. The summed E-state index contributed by atoms with van der Waals surface area (Å²) in [6.45, 7) is 5.84. The summed E-state index contributed by atoms with van der Waals surface area (Å²) in [6.07, 6.45) is 2.50. The van der Waals surface area contributed by atoms with Gasteiger partial charge in [0.1, 0.15) is 11.6 Å². The first kappa shape index (κ1) is 11.7. The highest BCUT2D eigenvalue weighted by atomic mass is 19.1. The fourth-order valence-electron chi connectivity index (χ4n) is 1.23. The lowest BCUT2D eigenvalue weighted by Crippen LogP contribution is -2.07. The van der Waals surface area contributed by atoms with Crippen LogP contribution in [0.3, 0.4) is 0 Å². The van der Waals surface area contributed by atoms with Gasteiger partial charge in [-0.2, -0.15) is 0 Å². The number of hydrogen-bond donors (Lipinski definition) is 1. The predicted octanol–water partition coefficient (Wildman–Crippen LogP) is 2.80. The summed E-state index contributed by atoms with van der Waals surface area (Å²) in [6, 6.07) is 4.45. The summed E-state index contributed by atoms with van der Waals surface area (Å²) in [5, 5.41) is 0. The molecule has 0 saturated heterocycles. The van der Waals surface area contributed by atoms with E-state index in [0.717, 1.165) is 6.42 Å². The largest absolute Gasteiger partial charge is 0.493 e. The van der Waals surface area contributed by atoms with E-state index in [9.17, 15) is 4.39 Å². The highest BCUT2D eigenvalue weighted by Gasteiger charge is 2.07. The van der Waals surface area contributed by atoms with Crippen LogP contribution in [0.5, 0.6) is 5.75 Å². The van der Waals surface area contributed by atoms with E-state index in [1.54, 1.807) is 25.1 Å². The van der Waals surface area contributed by atoms with E-state index in [-0.39, 0.29) is 11.9 Å². The van der Waals surface area contributed by atoms with Crippen molar-refractivity contribution in [1.29, 1.82) is 0 Å². The molecule has 2 N–H and O–H groups in total. The fourth-order valence-corrected chi connectivity index (χ4v) is 1.23. The van der Waals surface area contributed by atoms with Crippen molar-refractivity contribution in [2.24, 2.45) is 5.73 Å². The minimum absolute atomic E-state index is 0.299. The Balaban J connectivity index is 2.69. The number of benzene rings is 1. The maximum absolute atomic E-state index is 13.4. The van der Waals surface area contributed by atoms with Crippen LogP contribution in [0, 0.1) is 5.82 Å². The highest BCUT2D eigenvalue weighted by Crippen LogP contribution is 2.20. The molecule has 1 aromatic carbocycles. The monoisotopic (exact) mass is 209 g/mol. The second kappa shape index (κ2) is 5.51. The summed E-state index contributed by atoms with van der Waals surface area (Å²) in [5.74, 6) is 0.208. The van der Waals surface area contributed by atoms with Gasteiger partial charge in [-0.15, -0.1) is 6.58 Å². The minimum Gasteiger partial charge on any atom is -0.493 e. The molecule has 0 aliphatic carbocycles. The van der Waals surface area contributed by atoms with Gasteiger partial charge in [-0.25, -0.2) is 4.39 Å². The standard InChI is InChI=1S/C12H16FNO/c1-3-4-7-15-10-5-6-11(9(2)14)12(13)8-10/h3,5-6,8-9H,1,4,7,14H2,2H3. The molecule has 1 unspecified atom stereocenters. The van der Waals surface area contributed by atoms with Gasteiger partial charge in [0.15, 0.2) is 0 Å². The summed E-state index contributed by atoms with van der Waals surface area (Å²) in [5.41, 5.74) is 6.10. The van der Waals surface area contributed by atoms with Crippen molar-refractivity contribution in [3.05, 3.63) is 42.2 Å². The molecule has 0 heterocycles. The molecule has 1 rings (SSSR count). The van der Waals surface area contributed by atoms with Crippen molar-refractivity contribution in [3.8, 4) is 5.75 Å². The molecule has 0 spiro atoms. The Morgan fingerprint density at radius 1 is 1.60 bits per heavy atom. The summed E-state index contributed by atoms with van der Waals surface area (Å²) < 4.78 is 18.7. The van der Waals surface area contributed by atoms with Gasteiger partial charge in [0.05, 0.1) is 6.61 Å².